The molecular weight excluding hydrogens is 218 g/mol. The summed E-state index contributed by atoms with van der Waals surface area (Å²) in [5.74, 6) is 0.700. The van der Waals surface area contributed by atoms with Crippen LogP contribution >= 0.6 is 0 Å². The van der Waals surface area contributed by atoms with Gasteiger partial charge in [0.25, 0.3) is 0 Å². The van der Waals surface area contributed by atoms with Crippen molar-refractivity contribution in [2.24, 2.45) is 10.1 Å². The highest BCUT2D eigenvalue weighted by atomic mass is 16.3. The van der Waals surface area contributed by atoms with E-state index in [2.05, 4.69) is 20.4 Å². The molecule has 0 amide bonds. The molecule has 6 nitrogen and oxygen atoms in total. The molecule has 0 unspecified atom stereocenters. The number of aliphatic hydroxyl groups excluding tert-OH is 1. The van der Waals surface area contributed by atoms with E-state index in [9.17, 15) is 0 Å². The van der Waals surface area contributed by atoms with Crippen molar-refractivity contribution in [2.45, 2.75) is 0 Å². The molecule has 0 spiro atoms. The van der Waals surface area contributed by atoms with Gasteiger partial charge in [-0.1, -0.05) is 6.07 Å². The van der Waals surface area contributed by atoms with Crippen molar-refractivity contribution < 1.29 is 5.11 Å². The smallest absolute Gasteiger partial charge is 0.215 e. The summed E-state index contributed by atoms with van der Waals surface area (Å²) in [6.07, 6.45) is 3.36. The standard InChI is InChI=1S/C11H15N5O/c17-8-7-16(11-13-5-6-14-11)15-9-10-3-1-2-4-12-10/h1-4,9,17H,5-8H2,(H,13,14)/b15-9+. The van der Waals surface area contributed by atoms with E-state index < -0.39 is 0 Å². The predicted molar refractivity (Wildman–Crippen MR) is 65.9 cm³/mol. The van der Waals surface area contributed by atoms with Gasteiger partial charge in [0.1, 0.15) is 0 Å². The average molecular weight is 233 g/mol. The second-order valence-corrected chi connectivity index (χ2v) is 3.48. The zero-order valence-corrected chi connectivity index (χ0v) is 9.45. The predicted octanol–water partition coefficient (Wildman–Crippen LogP) is -0.331. The summed E-state index contributed by atoms with van der Waals surface area (Å²) in [7, 11) is 0. The number of guanidine groups is 1. The minimum absolute atomic E-state index is 0.0280. The quantitative estimate of drug-likeness (QED) is 0.551. The molecule has 2 N–H and O–H groups in total. The molecule has 2 rings (SSSR count). The fourth-order valence-electron chi connectivity index (χ4n) is 1.45. The fraction of sp³-hybridized carbons (Fsp3) is 0.364. The fourth-order valence-corrected chi connectivity index (χ4v) is 1.45. The lowest BCUT2D eigenvalue weighted by atomic mass is 10.4. The van der Waals surface area contributed by atoms with Crippen LogP contribution in [0, 0.1) is 0 Å². The Morgan fingerprint density at radius 2 is 2.47 bits per heavy atom. The minimum atomic E-state index is 0.0280. The molecule has 90 valence electrons. The number of hydrazone groups is 1. The molecule has 1 aliphatic rings. The molecule has 1 aromatic heterocycles. The largest absolute Gasteiger partial charge is 0.394 e. The topological polar surface area (TPSA) is 73.1 Å². The van der Waals surface area contributed by atoms with E-state index in [0.29, 0.717) is 12.5 Å². The summed E-state index contributed by atoms with van der Waals surface area (Å²) in [5, 5.41) is 18.0. The van der Waals surface area contributed by atoms with Crippen molar-refractivity contribution >= 4 is 12.2 Å². The van der Waals surface area contributed by atoms with Crippen molar-refractivity contribution in [3.8, 4) is 0 Å². The van der Waals surface area contributed by atoms with Crippen molar-refractivity contribution in [3.63, 3.8) is 0 Å². The maximum Gasteiger partial charge on any atom is 0.215 e. The molecule has 2 heterocycles. The molecule has 0 aromatic carbocycles. The van der Waals surface area contributed by atoms with E-state index in [-0.39, 0.29) is 6.61 Å². The van der Waals surface area contributed by atoms with Crippen LogP contribution < -0.4 is 5.32 Å². The number of nitrogens with zero attached hydrogens (tertiary/aromatic N) is 4. The van der Waals surface area contributed by atoms with E-state index >= 15 is 0 Å². The van der Waals surface area contributed by atoms with Gasteiger partial charge in [0.15, 0.2) is 0 Å². The summed E-state index contributed by atoms with van der Waals surface area (Å²) in [6.45, 7) is 2.00. The molecule has 17 heavy (non-hydrogen) atoms. The Balaban J connectivity index is 2.04. The number of pyridine rings is 1. The molecule has 0 fully saturated rings. The van der Waals surface area contributed by atoms with Crippen LogP contribution in [0.4, 0.5) is 0 Å². The number of aliphatic hydroxyl groups is 1. The van der Waals surface area contributed by atoms with Gasteiger partial charge in [0.05, 0.1) is 31.6 Å². The first kappa shape index (κ1) is 11.5. The van der Waals surface area contributed by atoms with Gasteiger partial charge in [0.2, 0.25) is 5.96 Å². The Kier molecular flexibility index (Phi) is 4.04. The number of nitrogens with one attached hydrogen (secondary N) is 1. The third-order valence-electron chi connectivity index (χ3n) is 2.23. The van der Waals surface area contributed by atoms with Gasteiger partial charge < -0.3 is 10.4 Å². The first-order chi connectivity index (χ1) is 8.40. The molecule has 0 atom stereocenters. The first-order valence-electron chi connectivity index (χ1n) is 5.52. The average Bonchev–Trinajstić information content (AvgIpc) is 2.89. The lowest BCUT2D eigenvalue weighted by Crippen LogP contribution is -2.36. The summed E-state index contributed by atoms with van der Waals surface area (Å²) in [4.78, 5) is 8.39. The van der Waals surface area contributed by atoms with Crippen LogP contribution in [0.25, 0.3) is 0 Å². The van der Waals surface area contributed by atoms with Gasteiger partial charge in [-0.05, 0) is 12.1 Å². The second kappa shape index (κ2) is 5.95. The van der Waals surface area contributed by atoms with Crippen molar-refractivity contribution in [3.05, 3.63) is 30.1 Å². The molecule has 1 aromatic rings. The molecular formula is C11H15N5O. The van der Waals surface area contributed by atoms with Crippen LogP contribution in [0.3, 0.4) is 0 Å². The van der Waals surface area contributed by atoms with Crippen LogP contribution in [0.5, 0.6) is 0 Å². The number of hydrogen-bond donors (Lipinski definition) is 2. The highest BCUT2D eigenvalue weighted by molar-refractivity contribution is 5.83. The minimum Gasteiger partial charge on any atom is -0.394 e. The van der Waals surface area contributed by atoms with Crippen molar-refractivity contribution in [1.29, 1.82) is 0 Å². The van der Waals surface area contributed by atoms with Crippen LogP contribution in [-0.2, 0) is 0 Å². The van der Waals surface area contributed by atoms with Crippen LogP contribution in [0.15, 0.2) is 34.5 Å². The van der Waals surface area contributed by atoms with E-state index in [4.69, 9.17) is 5.11 Å². The summed E-state index contributed by atoms with van der Waals surface area (Å²) >= 11 is 0. The molecule has 0 saturated carbocycles. The highest BCUT2D eigenvalue weighted by Crippen LogP contribution is 1.97. The van der Waals surface area contributed by atoms with Gasteiger partial charge in [-0.15, -0.1) is 0 Å². The summed E-state index contributed by atoms with van der Waals surface area (Å²) in [5.41, 5.74) is 0.772. The Morgan fingerprint density at radius 3 is 3.12 bits per heavy atom. The van der Waals surface area contributed by atoms with Gasteiger partial charge in [-0.25, -0.2) is 10.0 Å². The Morgan fingerprint density at radius 1 is 1.53 bits per heavy atom. The Hall–Kier alpha value is -1.95. The number of aromatic nitrogens is 1. The van der Waals surface area contributed by atoms with E-state index in [1.807, 2.05) is 18.2 Å². The van der Waals surface area contributed by atoms with Crippen LogP contribution in [-0.4, -0.2) is 53.5 Å². The maximum absolute atomic E-state index is 8.98. The lowest BCUT2D eigenvalue weighted by Gasteiger charge is -2.17. The lowest BCUT2D eigenvalue weighted by molar-refractivity contribution is 0.251. The molecule has 6 heteroatoms. The van der Waals surface area contributed by atoms with E-state index in [1.54, 1.807) is 17.4 Å². The highest BCUT2D eigenvalue weighted by Gasteiger charge is 2.12. The normalized spacial score (nSPS) is 14.8. The van der Waals surface area contributed by atoms with E-state index in [1.165, 1.54) is 0 Å². The second-order valence-electron chi connectivity index (χ2n) is 3.48. The van der Waals surface area contributed by atoms with Crippen LogP contribution in [0.1, 0.15) is 5.69 Å². The molecule has 0 radical (unpaired) electrons. The van der Waals surface area contributed by atoms with Gasteiger partial charge in [-0.3, -0.25) is 4.98 Å². The maximum atomic E-state index is 8.98. The monoisotopic (exact) mass is 233 g/mol. The number of aliphatic imine (C=N–C) groups is 1. The van der Waals surface area contributed by atoms with E-state index in [0.717, 1.165) is 18.8 Å². The molecule has 1 aliphatic heterocycles. The van der Waals surface area contributed by atoms with Gasteiger partial charge in [0, 0.05) is 12.7 Å². The third-order valence-corrected chi connectivity index (χ3v) is 2.23. The zero-order valence-electron chi connectivity index (χ0n) is 9.45. The van der Waals surface area contributed by atoms with Crippen molar-refractivity contribution in [2.75, 3.05) is 26.2 Å². The Labute approximate surface area is 99.7 Å². The summed E-state index contributed by atoms with van der Waals surface area (Å²) in [6, 6.07) is 5.62. The molecule has 0 aliphatic carbocycles. The third kappa shape index (κ3) is 3.25. The van der Waals surface area contributed by atoms with Crippen molar-refractivity contribution in [1.82, 2.24) is 15.3 Å². The number of hydrogen-bond acceptors (Lipinski definition) is 6. The van der Waals surface area contributed by atoms with Crippen LogP contribution in [0.2, 0.25) is 0 Å². The first-order valence-corrected chi connectivity index (χ1v) is 5.52. The molecule has 0 bridgehead atoms. The number of rotatable bonds is 4. The van der Waals surface area contributed by atoms with Gasteiger partial charge >= 0.3 is 0 Å². The summed E-state index contributed by atoms with van der Waals surface area (Å²) < 4.78 is 0. The molecule has 0 saturated heterocycles. The SMILES string of the molecule is OCCN(/N=C/c1ccccn1)C1=NCCN1. The zero-order chi connectivity index (χ0) is 11.9. The van der Waals surface area contributed by atoms with Gasteiger partial charge in [-0.2, -0.15) is 5.10 Å². The Bertz CT molecular complexity index is 404.